The molecule has 0 saturated heterocycles. The minimum Gasteiger partial charge on any atom is -0.497 e. The van der Waals surface area contributed by atoms with Gasteiger partial charge in [0, 0.05) is 18.9 Å². The van der Waals surface area contributed by atoms with Crippen LogP contribution in [0.3, 0.4) is 0 Å². The number of methoxy groups -OCH3 is 1. The second-order valence-corrected chi connectivity index (χ2v) is 3.85. The van der Waals surface area contributed by atoms with Gasteiger partial charge in [0.1, 0.15) is 5.75 Å². The van der Waals surface area contributed by atoms with Crippen molar-refractivity contribution in [2.45, 2.75) is 13.0 Å². The predicted molar refractivity (Wildman–Crippen MR) is 65.9 cm³/mol. The zero-order valence-electron chi connectivity index (χ0n) is 10.0. The smallest absolute Gasteiger partial charge is 0.372 e. The van der Waals surface area contributed by atoms with E-state index in [2.05, 4.69) is 4.98 Å². The molecule has 0 radical (unpaired) electrons. The van der Waals surface area contributed by atoms with Crippen LogP contribution in [0.2, 0.25) is 0 Å². The summed E-state index contributed by atoms with van der Waals surface area (Å²) >= 11 is 0. The van der Waals surface area contributed by atoms with Crippen molar-refractivity contribution < 1.29 is 14.6 Å². The van der Waals surface area contributed by atoms with Crippen molar-refractivity contribution in [3.05, 3.63) is 48.0 Å². The van der Waals surface area contributed by atoms with Gasteiger partial charge < -0.3 is 14.4 Å². The molecule has 0 aliphatic rings. The summed E-state index contributed by atoms with van der Waals surface area (Å²) in [5.74, 6) is -0.120. The van der Waals surface area contributed by atoms with Gasteiger partial charge in [-0.05, 0) is 24.1 Å². The van der Waals surface area contributed by atoms with Crippen molar-refractivity contribution >= 4 is 5.97 Å². The predicted octanol–water partition coefficient (Wildman–Crippen LogP) is 1.83. The van der Waals surface area contributed by atoms with Crippen molar-refractivity contribution in [1.29, 1.82) is 0 Å². The average Bonchev–Trinajstić information content (AvgIpc) is 2.85. The van der Waals surface area contributed by atoms with Gasteiger partial charge in [-0.25, -0.2) is 9.78 Å². The van der Waals surface area contributed by atoms with E-state index in [1.807, 2.05) is 24.3 Å². The number of ether oxygens (including phenoxy) is 1. The Labute approximate surface area is 105 Å². The van der Waals surface area contributed by atoms with E-state index >= 15 is 0 Å². The Bertz CT molecular complexity index is 531. The minimum atomic E-state index is -1.00. The van der Waals surface area contributed by atoms with Crippen LogP contribution in [-0.4, -0.2) is 27.7 Å². The molecule has 0 amide bonds. The van der Waals surface area contributed by atoms with Gasteiger partial charge in [-0.2, -0.15) is 0 Å². The maximum atomic E-state index is 10.9. The first-order valence-electron chi connectivity index (χ1n) is 5.58. The molecule has 0 spiro atoms. The lowest BCUT2D eigenvalue weighted by Crippen LogP contribution is -2.10. The summed E-state index contributed by atoms with van der Waals surface area (Å²) in [7, 11) is 1.62. The Morgan fingerprint density at radius 2 is 2.11 bits per heavy atom. The monoisotopic (exact) mass is 246 g/mol. The van der Waals surface area contributed by atoms with Crippen LogP contribution < -0.4 is 4.74 Å². The van der Waals surface area contributed by atoms with E-state index in [0.717, 1.165) is 17.7 Å². The number of carboxylic acids is 1. The molecule has 5 nitrogen and oxygen atoms in total. The Balaban J connectivity index is 2.02. The van der Waals surface area contributed by atoms with Crippen molar-refractivity contribution in [3.63, 3.8) is 0 Å². The molecule has 2 rings (SSSR count). The molecule has 0 fully saturated rings. The lowest BCUT2D eigenvalue weighted by Gasteiger charge is -2.06. The third-order valence-electron chi connectivity index (χ3n) is 2.71. The van der Waals surface area contributed by atoms with Gasteiger partial charge in [-0.3, -0.25) is 0 Å². The maximum Gasteiger partial charge on any atom is 0.372 e. The van der Waals surface area contributed by atoms with Gasteiger partial charge in [-0.15, -0.1) is 0 Å². The zero-order chi connectivity index (χ0) is 13.0. The number of imidazole rings is 1. The number of aromatic carboxylic acids is 1. The van der Waals surface area contributed by atoms with E-state index in [1.54, 1.807) is 17.9 Å². The Kier molecular flexibility index (Phi) is 3.62. The number of benzene rings is 1. The summed E-state index contributed by atoms with van der Waals surface area (Å²) in [6.45, 7) is 0.591. The molecule has 18 heavy (non-hydrogen) atoms. The second-order valence-electron chi connectivity index (χ2n) is 3.85. The van der Waals surface area contributed by atoms with Crippen LogP contribution in [0, 0.1) is 0 Å². The van der Waals surface area contributed by atoms with E-state index in [0.29, 0.717) is 6.54 Å². The molecule has 1 aromatic carbocycles. The molecule has 1 aromatic heterocycles. The van der Waals surface area contributed by atoms with E-state index in [-0.39, 0.29) is 5.82 Å². The van der Waals surface area contributed by atoms with Gasteiger partial charge in [-0.1, -0.05) is 12.1 Å². The largest absolute Gasteiger partial charge is 0.497 e. The SMILES string of the molecule is COc1ccc(CCn2ccnc2C(=O)O)cc1. The van der Waals surface area contributed by atoms with Crippen molar-refractivity contribution in [2.24, 2.45) is 0 Å². The van der Waals surface area contributed by atoms with Gasteiger partial charge >= 0.3 is 5.97 Å². The third kappa shape index (κ3) is 2.68. The molecule has 2 aromatic rings. The number of hydrogen-bond acceptors (Lipinski definition) is 3. The summed E-state index contributed by atoms with van der Waals surface area (Å²) in [5.41, 5.74) is 1.13. The van der Waals surface area contributed by atoms with Crippen LogP contribution in [0.25, 0.3) is 0 Å². The molecule has 0 atom stereocenters. The summed E-state index contributed by atoms with van der Waals surface area (Å²) in [5, 5.41) is 8.92. The highest BCUT2D eigenvalue weighted by atomic mass is 16.5. The summed E-state index contributed by atoms with van der Waals surface area (Å²) in [6, 6.07) is 7.72. The molecule has 0 saturated carbocycles. The molecule has 0 unspecified atom stereocenters. The zero-order valence-corrected chi connectivity index (χ0v) is 10.0. The fraction of sp³-hybridized carbons (Fsp3) is 0.231. The molecule has 0 aliphatic heterocycles. The first kappa shape index (κ1) is 12.2. The molecule has 5 heteroatoms. The van der Waals surface area contributed by atoms with E-state index < -0.39 is 5.97 Å². The molecule has 0 bridgehead atoms. The molecular formula is C13H14N2O3. The molecule has 0 aliphatic carbocycles. The fourth-order valence-corrected chi connectivity index (χ4v) is 1.73. The highest BCUT2D eigenvalue weighted by molar-refractivity contribution is 5.83. The number of aryl methyl sites for hydroxylation is 2. The summed E-state index contributed by atoms with van der Waals surface area (Å²) < 4.78 is 6.71. The first-order valence-corrected chi connectivity index (χ1v) is 5.58. The van der Waals surface area contributed by atoms with Crippen molar-refractivity contribution in [1.82, 2.24) is 9.55 Å². The molecule has 1 heterocycles. The third-order valence-corrected chi connectivity index (χ3v) is 2.71. The van der Waals surface area contributed by atoms with E-state index in [4.69, 9.17) is 9.84 Å². The molecular weight excluding hydrogens is 232 g/mol. The van der Waals surface area contributed by atoms with Crippen molar-refractivity contribution in [3.8, 4) is 5.75 Å². The van der Waals surface area contributed by atoms with E-state index in [1.165, 1.54) is 6.20 Å². The lowest BCUT2D eigenvalue weighted by atomic mass is 10.1. The number of rotatable bonds is 5. The maximum absolute atomic E-state index is 10.9. The van der Waals surface area contributed by atoms with Gasteiger partial charge in [0.2, 0.25) is 5.82 Å². The van der Waals surface area contributed by atoms with Crippen LogP contribution >= 0.6 is 0 Å². The van der Waals surface area contributed by atoms with Gasteiger partial charge in [0.25, 0.3) is 0 Å². The standard InChI is InChI=1S/C13H14N2O3/c1-18-11-4-2-10(3-5-11)6-8-15-9-7-14-12(15)13(16)17/h2-5,7,9H,6,8H2,1H3,(H,16,17). The van der Waals surface area contributed by atoms with Crippen LogP contribution in [0.1, 0.15) is 16.2 Å². The first-order chi connectivity index (χ1) is 8.70. The number of hydrogen-bond donors (Lipinski definition) is 1. The minimum absolute atomic E-state index is 0.0727. The number of aromatic nitrogens is 2. The van der Waals surface area contributed by atoms with Crippen LogP contribution in [0.5, 0.6) is 5.75 Å². The molecule has 94 valence electrons. The van der Waals surface area contributed by atoms with Crippen molar-refractivity contribution in [2.75, 3.05) is 7.11 Å². The van der Waals surface area contributed by atoms with Crippen LogP contribution in [0.4, 0.5) is 0 Å². The van der Waals surface area contributed by atoms with Gasteiger partial charge in [0.05, 0.1) is 7.11 Å². The number of nitrogens with zero attached hydrogens (tertiary/aromatic N) is 2. The van der Waals surface area contributed by atoms with Gasteiger partial charge in [0.15, 0.2) is 0 Å². The summed E-state index contributed by atoms with van der Waals surface area (Å²) in [6.07, 6.45) is 3.92. The number of carbonyl (C=O) groups is 1. The highest BCUT2D eigenvalue weighted by Gasteiger charge is 2.10. The topological polar surface area (TPSA) is 64.4 Å². The van der Waals surface area contributed by atoms with Crippen LogP contribution in [-0.2, 0) is 13.0 Å². The Morgan fingerprint density at radius 1 is 1.39 bits per heavy atom. The number of carboxylic acid groups (broad SMARTS) is 1. The Hall–Kier alpha value is -2.30. The lowest BCUT2D eigenvalue weighted by molar-refractivity contribution is 0.0678. The molecule has 1 N–H and O–H groups in total. The highest BCUT2D eigenvalue weighted by Crippen LogP contribution is 2.12. The quantitative estimate of drug-likeness (QED) is 0.874. The summed E-state index contributed by atoms with van der Waals surface area (Å²) in [4.78, 5) is 14.7. The van der Waals surface area contributed by atoms with Crippen LogP contribution in [0.15, 0.2) is 36.7 Å². The fourth-order valence-electron chi connectivity index (χ4n) is 1.73. The Morgan fingerprint density at radius 3 is 2.72 bits per heavy atom. The second kappa shape index (κ2) is 5.35. The normalized spacial score (nSPS) is 10.3. The average molecular weight is 246 g/mol. The van der Waals surface area contributed by atoms with E-state index in [9.17, 15) is 4.79 Å².